The molecule has 190 valence electrons. The predicted octanol–water partition coefficient (Wildman–Crippen LogP) is 5.56. The van der Waals surface area contributed by atoms with Gasteiger partial charge >= 0.3 is 5.97 Å². The molecule has 1 aromatic heterocycles. The van der Waals surface area contributed by atoms with Crippen molar-refractivity contribution >= 4 is 5.97 Å². The Morgan fingerprint density at radius 2 is 1.78 bits per heavy atom. The second-order valence-electron chi connectivity index (χ2n) is 10.6. The van der Waals surface area contributed by atoms with Crippen LogP contribution in [0.1, 0.15) is 37.5 Å². The van der Waals surface area contributed by atoms with Gasteiger partial charge in [-0.1, -0.05) is 54.6 Å². The van der Waals surface area contributed by atoms with E-state index in [4.69, 9.17) is 4.74 Å². The van der Waals surface area contributed by atoms with Crippen molar-refractivity contribution in [2.24, 2.45) is 5.41 Å². The fourth-order valence-electron chi connectivity index (χ4n) is 4.53. The Morgan fingerprint density at radius 3 is 2.49 bits per heavy atom. The van der Waals surface area contributed by atoms with Crippen molar-refractivity contribution in [2.45, 2.75) is 52.9 Å². The molecular formula is C30H31FN4O2. The van der Waals surface area contributed by atoms with Gasteiger partial charge in [0.25, 0.3) is 0 Å². The van der Waals surface area contributed by atoms with E-state index in [2.05, 4.69) is 45.7 Å². The minimum absolute atomic E-state index is 0.0442. The van der Waals surface area contributed by atoms with E-state index in [9.17, 15) is 4.79 Å². The number of hydrogen-bond acceptors (Lipinski definition) is 5. The SMILES string of the molecule is CC(C)(C)C(=O)OCn1cnc(-c2ccc(-c3cccc(CNC4Cc5ccccc5C4)c3)c(F)c2)n1. The lowest BCUT2D eigenvalue weighted by Gasteiger charge is -2.16. The standard InChI is InChI=1S/C30H31FN4O2/c1-30(2,3)29(36)37-19-35-18-33-28(34-35)24-11-12-26(27(31)16-24)23-10-6-7-20(13-23)17-32-25-14-21-8-4-5-9-22(21)15-25/h4-13,16,18,25,32H,14-15,17,19H2,1-3H3. The number of rotatable bonds is 7. The Hall–Kier alpha value is -3.84. The number of halogens is 1. The zero-order chi connectivity index (χ0) is 26.0. The second kappa shape index (κ2) is 10.3. The van der Waals surface area contributed by atoms with Crippen LogP contribution in [0.5, 0.6) is 0 Å². The Balaban J connectivity index is 1.23. The summed E-state index contributed by atoms with van der Waals surface area (Å²) in [7, 11) is 0. The Bertz CT molecular complexity index is 1400. The van der Waals surface area contributed by atoms with Crippen molar-refractivity contribution < 1.29 is 13.9 Å². The van der Waals surface area contributed by atoms with Crippen LogP contribution in [0.4, 0.5) is 4.39 Å². The fraction of sp³-hybridized carbons (Fsp3) is 0.300. The van der Waals surface area contributed by atoms with Crippen molar-refractivity contribution in [3.8, 4) is 22.5 Å². The van der Waals surface area contributed by atoms with Crippen molar-refractivity contribution in [3.05, 3.63) is 95.6 Å². The molecule has 4 aromatic rings. The number of fused-ring (bicyclic) bond motifs is 1. The van der Waals surface area contributed by atoms with E-state index in [1.54, 1.807) is 32.9 Å². The molecule has 0 aliphatic heterocycles. The van der Waals surface area contributed by atoms with Crippen molar-refractivity contribution in [2.75, 3.05) is 0 Å². The summed E-state index contributed by atoms with van der Waals surface area (Å²) in [5.41, 5.74) is 5.26. The summed E-state index contributed by atoms with van der Waals surface area (Å²) in [6.07, 6.45) is 3.54. The summed E-state index contributed by atoms with van der Waals surface area (Å²) in [5, 5.41) is 7.98. The van der Waals surface area contributed by atoms with E-state index >= 15 is 4.39 Å². The monoisotopic (exact) mass is 498 g/mol. The van der Waals surface area contributed by atoms with Crippen LogP contribution in [-0.2, 0) is 35.6 Å². The Kier molecular flexibility index (Phi) is 6.89. The molecule has 5 rings (SSSR count). The van der Waals surface area contributed by atoms with Gasteiger partial charge in [-0.25, -0.2) is 14.1 Å². The van der Waals surface area contributed by atoms with Crippen LogP contribution >= 0.6 is 0 Å². The highest BCUT2D eigenvalue weighted by molar-refractivity contribution is 5.75. The van der Waals surface area contributed by atoms with Crippen LogP contribution in [0.25, 0.3) is 22.5 Å². The molecule has 1 heterocycles. The third kappa shape index (κ3) is 5.78. The highest BCUT2D eigenvalue weighted by Gasteiger charge is 2.23. The molecule has 0 radical (unpaired) electrons. The number of hydrogen-bond donors (Lipinski definition) is 1. The largest absolute Gasteiger partial charge is 0.442 e. The van der Waals surface area contributed by atoms with Gasteiger partial charge in [0.15, 0.2) is 12.6 Å². The van der Waals surface area contributed by atoms with Crippen LogP contribution in [0.15, 0.2) is 73.1 Å². The molecule has 0 spiro atoms. The minimum Gasteiger partial charge on any atom is -0.442 e. The van der Waals surface area contributed by atoms with E-state index in [1.165, 1.54) is 28.2 Å². The molecular weight excluding hydrogens is 467 g/mol. The number of nitrogens with one attached hydrogen (secondary N) is 1. The average molecular weight is 499 g/mol. The maximum absolute atomic E-state index is 15.2. The minimum atomic E-state index is -0.599. The zero-order valence-electron chi connectivity index (χ0n) is 21.4. The van der Waals surface area contributed by atoms with Gasteiger partial charge < -0.3 is 10.1 Å². The molecule has 3 aromatic carbocycles. The second-order valence-corrected chi connectivity index (χ2v) is 10.6. The van der Waals surface area contributed by atoms with E-state index in [1.807, 2.05) is 18.2 Å². The number of aromatic nitrogens is 3. The normalized spacial score (nSPS) is 13.5. The van der Waals surface area contributed by atoms with Gasteiger partial charge in [-0.3, -0.25) is 4.79 Å². The van der Waals surface area contributed by atoms with Gasteiger partial charge in [0, 0.05) is 23.7 Å². The smallest absolute Gasteiger partial charge is 0.313 e. The van der Waals surface area contributed by atoms with Crippen LogP contribution in [0, 0.1) is 11.2 Å². The van der Waals surface area contributed by atoms with Gasteiger partial charge in [-0.05, 0) is 68.0 Å². The van der Waals surface area contributed by atoms with Crippen molar-refractivity contribution in [1.82, 2.24) is 20.1 Å². The molecule has 0 unspecified atom stereocenters. The van der Waals surface area contributed by atoms with Crippen LogP contribution < -0.4 is 5.32 Å². The summed E-state index contributed by atoms with van der Waals surface area (Å²) in [4.78, 5) is 16.2. The zero-order valence-corrected chi connectivity index (χ0v) is 21.4. The number of nitrogens with zero attached hydrogens (tertiary/aromatic N) is 3. The lowest BCUT2D eigenvalue weighted by atomic mass is 9.98. The third-order valence-electron chi connectivity index (χ3n) is 6.59. The molecule has 1 aliphatic rings. The maximum Gasteiger partial charge on any atom is 0.313 e. The first-order chi connectivity index (χ1) is 17.8. The predicted molar refractivity (Wildman–Crippen MR) is 141 cm³/mol. The molecule has 0 amide bonds. The fourth-order valence-corrected chi connectivity index (χ4v) is 4.53. The van der Waals surface area contributed by atoms with E-state index in [0.29, 0.717) is 23.0 Å². The highest BCUT2D eigenvalue weighted by atomic mass is 19.1. The highest BCUT2D eigenvalue weighted by Crippen LogP contribution is 2.28. The average Bonchev–Trinajstić information content (AvgIpc) is 3.52. The Labute approximate surface area is 216 Å². The summed E-state index contributed by atoms with van der Waals surface area (Å²) >= 11 is 0. The molecule has 6 nitrogen and oxygen atoms in total. The lowest BCUT2D eigenvalue weighted by Crippen LogP contribution is -2.28. The summed E-state index contributed by atoms with van der Waals surface area (Å²) < 4.78 is 21.9. The summed E-state index contributed by atoms with van der Waals surface area (Å²) in [6, 6.07) is 22.0. The molecule has 1 N–H and O–H groups in total. The van der Waals surface area contributed by atoms with Gasteiger partial charge in [-0.2, -0.15) is 0 Å². The van der Waals surface area contributed by atoms with Crippen LogP contribution in [0.3, 0.4) is 0 Å². The number of benzene rings is 3. The molecule has 0 saturated heterocycles. The lowest BCUT2D eigenvalue weighted by molar-refractivity contribution is -0.157. The summed E-state index contributed by atoms with van der Waals surface area (Å²) in [6.45, 7) is 6.04. The molecule has 37 heavy (non-hydrogen) atoms. The van der Waals surface area contributed by atoms with Gasteiger partial charge in [0.2, 0.25) is 0 Å². The number of carbonyl (C=O) groups is 1. The van der Waals surface area contributed by atoms with Crippen molar-refractivity contribution in [3.63, 3.8) is 0 Å². The molecule has 1 aliphatic carbocycles. The van der Waals surface area contributed by atoms with Gasteiger partial charge in [-0.15, -0.1) is 5.10 Å². The van der Waals surface area contributed by atoms with E-state index < -0.39 is 5.41 Å². The molecule has 0 fully saturated rings. The van der Waals surface area contributed by atoms with Gasteiger partial charge in [0.05, 0.1) is 5.41 Å². The number of carbonyl (C=O) groups excluding carboxylic acids is 1. The first-order valence-electron chi connectivity index (χ1n) is 12.5. The first kappa shape index (κ1) is 24.8. The summed E-state index contributed by atoms with van der Waals surface area (Å²) in [5.74, 6) is -0.303. The van der Waals surface area contributed by atoms with Crippen LogP contribution in [-0.4, -0.2) is 26.8 Å². The first-order valence-corrected chi connectivity index (χ1v) is 12.5. The third-order valence-corrected chi connectivity index (χ3v) is 6.59. The number of esters is 1. The molecule has 0 bridgehead atoms. The quantitative estimate of drug-likeness (QED) is 0.338. The Morgan fingerprint density at radius 1 is 1.03 bits per heavy atom. The van der Waals surface area contributed by atoms with Crippen molar-refractivity contribution in [1.29, 1.82) is 0 Å². The van der Waals surface area contributed by atoms with E-state index in [0.717, 1.165) is 30.5 Å². The van der Waals surface area contributed by atoms with Gasteiger partial charge in [0.1, 0.15) is 12.1 Å². The maximum atomic E-state index is 15.2. The molecule has 7 heteroatoms. The number of ether oxygens (including phenoxy) is 1. The molecule has 0 saturated carbocycles. The van der Waals surface area contributed by atoms with Crippen LogP contribution in [0.2, 0.25) is 0 Å². The topological polar surface area (TPSA) is 69.0 Å². The molecule has 0 atom stereocenters. The van der Waals surface area contributed by atoms with E-state index in [-0.39, 0.29) is 18.5 Å².